The molecule has 4 heteroatoms. The lowest BCUT2D eigenvalue weighted by molar-refractivity contribution is 0.141. The highest BCUT2D eigenvalue weighted by Gasteiger charge is 2.08. The van der Waals surface area contributed by atoms with Crippen LogP contribution in [0.1, 0.15) is 30.6 Å². The Morgan fingerprint density at radius 3 is 2.79 bits per heavy atom. The van der Waals surface area contributed by atoms with E-state index in [1.54, 1.807) is 7.11 Å². The second-order valence-corrected chi connectivity index (χ2v) is 4.50. The zero-order valence-electron chi connectivity index (χ0n) is 12.1. The van der Waals surface area contributed by atoms with Crippen molar-refractivity contribution in [3.63, 3.8) is 0 Å². The number of methoxy groups -OCH3 is 1. The van der Waals surface area contributed by atoms with Crippen molar-refractivity contribution < 1.29 is 14.6 Å². The Balaban J connectivity index is 2.33. The predicted molar refractivity (Wildman–Crippen MR) is 76.7 cm³/mol. The second kappa shape index (κ2) is 8.91. The quantitative estimate of drug-likeness (QED) is 0.672. The van der Waals surface area contributed by atoms with E-state index in [1.165, 1.54) is 0 Å². The van der Waals surface area contributed by atoms with Crippen molar-refractivity contribution in [2.24, 2.45) is 0 Å². The van der Waals surface area contributed by atoms with E-state index in [9.17, 15) is 5.11 Å². The highest BCUT2D eigenvalue weighted by molar-refractivity contribution is 5.37. The Hall–Kier alpha value is -1.10. The summed E-state index contributed by atoms with van der Waals surface area (Å²) in [5.41, 5.74) is 1.95. The molecule has 19 heavy (non-hydrogen) atoms. The first-order valence-electron chi connectivity index (χ1n) is 6.80. The molecular weight excluding hydrogens is 242 g/mol. The molecule has 1 aromatic rings. The Labute approximate surface area is 115 Å². The SMILES string of the molecule is CCOCCCNCC(O)c1ccc(OC)c(C)c1. The maximum Gasteiger partial charge on any atom is 0.121 e. The van der Waals surface area contributed by atoms with Gasteiger partial charge in [0.25, 0.3) is 0 Å². The van der Waals surface area contributed by atoms with E-state index >= 15 is 0 Å². The van der Waals surface area contributed by atoms with Gasteiger partial charge < -0.3 is 19.9 Å². The minimum atomic E-state index is -0.489. The molecule has 1 unspecified atom stereocenters. The van der Waals surface area contributed by atoms with Crippen LogP contribution in [0.3, 0.4) is 0 Å². The molecule has 1 aromatic carbocycles. The van der Waals surface area contributed by atoms with Crippen molar-refractivity contribution in [3.8, 4) is 5.75 Å². The zero-order valence-corrected chi connectivity index (χ0v) is 12.1. The molecule has 1 atom stereocenters. The first kappa shape index (κ1) is 16.0. The van der Waals surface area contributed by atoms with Gasteiger partial charge in [-0.3, -0.25) is 0 Å². The smallest absolute Gasteiger partial charge is 0.121 e. The molecule has 0 spiro atoms. The summed E-state index contributed by atoms with van der Waals surface area (Å²) in [4.78, 5) is 0. The summed E-state index contributed by atoms with van der Waals surface area (Å²) in [6.07, 6.45) is 0.471. The molecule has 0 aromatic heterocycles. The Bertz CT molecular complexity index is 368. The van der Waals surface area contributed by atoms with Gasteiger partial charge in [-0.25, -0.2) is 0 Å². The van der Waals surface area contributed by atoms with Crippen molar-refractivity contribution in [1.82, 2.24) is 5.32 Å². The van der Waals surface area contributed by atoms with Gasteiger partial charge in [-0.1, -0.05) is 6.07 Å². The lowest BCUT2D eigenvalue weighted by atomic mass is 10.1. The van der Waals surface area contributed by atoms with Crippen LogP contribution in [0.25, 0.3) is 0 Å². The summed E-state index contributed by atoms with van der Waals surface area (Å²) >= 11 is 0. The molecule has 1 rings (SSSR count). The number of aliphatic hydroxyl groups excluding tert-OH is 1. The van der Waals surface area contributed by atoms with E-state index in [0.717, 1.165) is 43.1 Å². The number of benzene rings is 1. The third kappa shape index (κ3) is 5.59. The van der Waals surface area contributed by atoms with Crippen LogP contribution in [-0.2, 0) is 4.74 Å². The fourth-order valence-electron chi connectivity index (χ4n) is 1.91. The summed E-state index contributed by atoms with van der Waals surface area (Å²) in [5, 5.41) is 13.3. The van der Waals surface area contributed by atoms with Gasteiger partial charge in [-0.15, -0.1) is 0 Å². The topological polar surface area (TPSA) is 50.7 Å². The molecule has 0 heterocycles. The third-order valence-electron chi connectivity index (χ3n) is 2.99. The lowest BCUT2D eigenvalue weighted by Crippen LogP contribution is -2.23. The first-order valence-corrected chi connectivity index (χ1v) is 6.80. The van der Waals surface area contributed by atoms with E-state index in [4.69, 9.17) is 9.47 Å². The molecule has 0 fully saturated rings. The molecule has 0 saturated carbocycles. The molecule has 0 radical (unpaired) electrons. The highest BCUT2D eigenvalue weighted by atomic mass is 16.5. The molecule has 0 bridgehead atoms. The van der Waals surface area contributed by atoms with Crippen LogP contribution in [0.4, 0.5) is 0 Å². The number of aliphatic hydroxyl groups is 1. The standard InChI is InChI=1S/C15H25NO3/c1-4-19-9-5-8-16-11-14(17)13-6-7-15(18-3)12(2)10-13/h6-7,10,14,16-17H,4-5,8-9,11H2,1-3H3. The molecule has 4 nitrogen and oxygen atoms in total. The summed E-state index contributed by atoms with van der Waals surface area (Å²) in [7, 11) is 1.65. The van der Waals surface area contributed by atoms with Crippen LogP contribution < -0.4 is 10.1 Å². The van der Waals surface area contributed by atoms with Crippen LogP contribution in [0.2, 0.25) is 0 Å². The molecule has 0 aliphatic heterocycles. The van der Waals surface area contributed by atoms with Crippen LogP contribution in [0, 0.1) is 6.92 Å². The zero-order chi connectivity index (χ0) is 14.1. The van der Waals surface area contributed by atoms with E-state index in [1.807, 2.05) is 32.0 Å². The largest absolute Gasteiger partial charge is 0.496 e. The van der Waals surface area contributed by atoms with Crippen LogP contribution in [-0.4, -0.2) is 38.5 Å². The maximum absolute atomic E-state index is 10.1. The van der Waals surface area contributed by atoms with Gasteiger partial charge in [-0.05, 0) is 50.1 Å². The highest BCUT2D eigenvalue weighted by Crippen LogP contribution is 2.22. The van der Waals surface area contributed by atoms with Gasteiger partial charge in [0.15, 0.2) is 0 Å². The van der Waals surface area contributed by atoms with Gasteiger partial charge in [0, 0.05) is 19.8 Å². The Morgan fingerprint density at radius 2 is 2.16 bits per heavy atom. The second-order valence-electron chi connectivity index (χ2n) is 4.50. The predicted octanol–water partition coefficient (Wildman–Crippen LogP) is 2.05. The van der Waals surface area contributed by atoms with E-state index in [2.05, 4.69) is 5.32 Å². The number of nitrogens with one attached hydrogen (secondary N) is 1. The van der Waals surface area contributed by atoms with Gasteiger partial charge >= 0.3 is 0 Å². The van der Waals surface area contributed by atoms with Crippen molar-refractivity contribution in [2.45, 2.75) is 26.4 Å². The molecule has 0 aliphatic carbocycles. The van der Waals surface area contributed by atoms with Crippen molar-refractivity contribution in [2.75, 3.05) is 33.4 Å². The summed E-state index contributed by atoms with van der Waals surface area (Å²) in [6.45, 7) is 6.90. The van der Waals surface area contributed by atoms with Crippen LogP contribution in [0.15, 0.2) is 18.2 Å². The van der Waals surface area contributed by atoms with Crippen LogP contribution in [0.5, 0.6) is 5.75 Å². The van der Waals surface area contributed by atoms with Gasteiger partial charge in [-0.2, -0.15) is 0 Å². The minimum absolute atomic E-state index is 0.489. The van der Waals surface area contributed by atoms with Crippen molar-refractivity contribution in [3.05, 3.63) is 29.3 Å². The molecule has 2 N–H and O–H groups in total. The fraction of sp³-hybridized carbons (Fsp3) is 0.600. The monoisotopic (exact) mass is 267 g/mol. The Morgan fingerprint density at radius 1 is 1.37 bits per heavy atom. The average molecular weight is 267 g/mol. The van der Waals surface area contributed by atoms with E-state index in [-0.39, 0.29) is 0 Å². The number of rotatable bonds is 9. The number of aryl methyl sites for hydroxylation is 1. The number of ether oxygens (including phenoxy) is 2. The van der Waals surface area contributed by atoms with Gasteiger partial charge in [0.1, 0.15) is 5.75 Å². The average Bonchev–Trinajstić information content (AvgIpc) is 2.42. The van der Waals surface area contributed by atoms with Crippen molar-refractivity contribution >= 4 is 0 Å². The first-order chi connectivity index (χ1) is 9.19. The maximum atomic E-state index is 10.1. The summed E-state index contributed by atoms with van der Waals surface area (Å²) < 4.78 is 10.5. The van der Waals surface area contributed by atoms with Crippen LogP contribution >= 0.6 is 0 Å². The normalized spacial score (nSPS) is 12.4. The molecule has 108 valence electrons. The number of hydrogen-bond acceptors (Lipinski definition) is 4. The van der Waals surface area contributed by atoms with E-state index in [0.29, 0.717) is 6.54 Å². The number of hydrogen-bond donors (Lipinski definition) is 2. The molecule has 0 saturated heterocycles. The van der Waals surface area contributed by atoms with Gasteiger partial charge in [0.2, 0.25) is 0 Å². The molecule has 0 aliphatic rings. The Kier molecular flexibility index (Phi) is 7.48. The third-order valence-corrected chi connectivity index (χ3v) is 2.99. The summed E-state index contributed by atoms with van der Waals surface area (Å²) in [6, 6.07) is 5.76. The summed E-state index contributed by atoms with van der Waals surface area (Å²) in [5.74, 6) is 0.848. The van der Waals surface area contributed by atoms with E-state index < -0.39 is 6.10 Å². The molecule has 0 amide bonds. The lowest BCUT2D eigenvalue weighted by Gasteiger charge is -2.14. The van der Waals surface area contributed by atoms with Crippen molar-refractivity contribution in [1.29, 1.82) is 0 Å². The fourth-order valence-corrected chi connectivity index (χ4v) is 1.91. The minimum Gasteiger partial charge on any atom is -0.496 e. The molecular formula is C15H25NO3. The van der Waals surface area contributed by atoms with Gasteiger partial charge in [0.05, 0.1) is 13.2 Å².